The lowest BCUT2D eigenvalue weighted by molar-refractivity contribution is 0.579. The summed E-state index contributed by atoms with van der Waals surface area (Å²) in [6.45, 7) is 2.35. The predicted molar refractivity (Wildman–Crippen MR) is 67.2 cm³/mol. The first kappa shape index (κ1) is 11.0. The van der Waals surface area contributed by atoms with Gasteiger partial charge >= 0.3 is 0 Å². The molecule has 0 radical (unpaired) electrons. The monoisotopic (exact) mass is 218 g/mol. The fourth-order valence-corrected chi connectivity index (χ4v) is 2.34. The molecule has 0 aliphatic carbocycles. The molecule has 0 saturated carbocycles. The van der Waals surface area contributed by atoms with Crippen LogP contribution in [0.1, 0.15) is 19.3 Å². The quantitative estimate of drug-likeness (QED) is 0.773. The van der Waals surface area contributed by atoms with Crippen molar-refractivity contribution in [1.82, 2.24) is 16.1 Å². The second-order valence-corrected chi connectivity index (χ2v) is 4.12. The van der Waals surface area contributed by atoms with Crippen molar-refractivity contribution in [2.45, 2.75) is 19.3 Å². The zero-order valence-corrected chi connectivity index (χ0v) is 9.45. The Labute approximate surface area is 95.3 Å². The molecular weight excluding hydrogens is 200 g/mol. The molecule has 1 aliphatic heterocycles. The van der Waals surface area contributed by atoms with E-state index in [4.69, 9.17) is 0 Å². The first-order valence-corrected chi connectivity index (χ1v) is 5.62. The standard InChI is InChI=1S/C12H15N3.H3N/c1-2-7-15(8-3-1)11-6-4-5-10-12(11)14-9-13-10;/h4-6,9H,1-3,7-8H2,(H,13,14);1H3. The molecule has 4 N–H and O–H groups in total. The molecule has 0 atom stereocenters. The largest absolute Gasteiger partial charge is 0.370 e. The third-order valence-electron chi connectivity index (χ3n) is 3.13. The molecule has 1 saturated heterocycles. The Bertz CT molecular complexity index is 457. The van der Waals surface area contributed by atoms with Crippen LogP contribution in [-0.2, 0) is 0 Å². The Morgan fingerprint density at radius 1 is 1.12 bits per heavy atom. The number of fused-ring (bicyclic) bond motifs is 1. The summed E-state index contributed by atoms with van der Waals surface area (Å²) in [6, 6.07) is 6.36. The van der Waals surface area contributed by atoms with Crippen LogP contribution in [0, 0.1) is 0 Å². The second-order valence-electron chi connectivity index (χ2n) is 4.12. The SMILES string of the molecule is N.c1cc(N2CCCCC2)c2nc[nH]c2c1. The van der Waals surface area contributed by atoms with E-state index in [-0.39, 0.29) is 6.15 Å². The van der Waals surface area contributed by atoms with Crippen molar-refractivity contribution in [3.63, 3.8) is 0 Å². The van der Waals surface area contributed by atoms with Gasteiger partial charge in [0.25, 0.3) is 0 Å². The zero-order valence-electron chi connectivity index (χ0n) is 9.45. The Morgan fingerprint density at radius 3 is 2.75 bits per heavy atom. The highest BCUT2D eigenvalue weighted by atomic mass is 15.1. The van der Waals surface area contributed by atoms with Crippen molar-refractivity contribution >= 4 is 16.7 Å². The van der Waals surface area contributed by atoms with Crippen LogP contribution in [0.5, 0.6) is 0 Å². The summed E-state index contributed by atoms with van der Waals surface area (Å²) in [5, 5.41) is 0. The van der Waals surface area contributed by atoms with Crippen LogP contribution in [0.4, 0.5) is 5.69 Å². The minimum Gasteiger partial charge on any atom is -0.370 e. The number of nitrogens with zero attached hydrogens (tertiary/aromatic N) is 2. The van der Waals surface area contributed by atoms with Crippen molar-refractivity contribution in [2.75, 3.05) is 18.0 Å². The van der Waals surface area contributed by atoms with Gasteiger partial charge in [-0.2, -0.15) is 0 Å². The Kier molecular flexibility index (Phi) is 3.10. The summed E-state index contributed by atoms with van der Waals surface area (Å²) in [5.74, 6) is 0. The highest BCUT2D eigenvalue weighted by Crippen LogP contribution is 2.26. The van der Waals surface area contributed by atoms with E-state index >= 15 is 0 Å². The molecule has 1 aromatic heterocycles. The smallest absolute Gasteiger partial charge is 0.112 e. The number of imidazole rings is 1. The average molecular weight is 218 g/mol. The number of H-pyrrole nitrogens is 1. The van der Waals surface area contributed by atoms with Crippen molar-refractivity contribution in [3.05, 3.63) is 24.5 Å². The molecule has 1 aromatic carbocycles. The van der Waals surface area contributed by atoms with Gasteiger partial charge in [0.05, 0.1) is 17.5 Å². The maximum atomic E-state index is 4.40. The van der Waals surface area contributed by atoms with Crippen LogP contribution >= 0.6 is 0 Å². The lowest BCUT2D eigenvalue weighted by Crippen LogP contribution is -2.29. The fourth-order valence-electron chi connectivity index (χ4n) is 2.34. The van der Waals surface area contributed by atoms with Gasteiger partial charge in [0.1, 0.15) is 5.52 Å². The van der Waals surface area contributed by atoms with E-state index in [1.807, 2.05) is 0 Å². The van der Waals surface area contributed by atoms with Crippen LogP contribution in [0.3, 0.4) is 0 Å². The number of para-hydroxylation sites is 1. The van der Waals surface area contributed by atoms with Crippen molar-refractivity contribution < 1.29 is 0 Å². The first-order chi connectivity index (χ1) is 7.45. The number of rotatable bonds is 1. The number of benzene rings is 1. The van der Waals surface area contributed by atoms with Gasteiger partial charge < -0.3 is 16.0 Å². The molecule has 16 heavy (non-hydrogen) atoms. The number of aromatic nitrogens is 2. The first-order valence-electron chi connectivity index (χ1n) is 5.62. The third-order valence-corrected chi connectivity index (χ3v) is 3.13. The van der Waals surface area contributed by atoms with Gasteiger partial charge in [-0.05, 0) is 31.4 Å². The van der Waals surface area contributed by atoms with Crippen LogP contribution in [0.15, 0.2) is 24.5 Å². The zero-order chi connectivity index (χ0) is 10.1. The molecule has 86 valence electrons. The normalized spacial score (nSPS) is 16.1. The highest BCUT2D eigenvalue weighted by Gasteiger charge is 2.14. The minimum atomic E-state index is 0. The maximum Gasteiger partial charge on any atom is 0.112 e. The predicted octanol–water partition coefficient (Wildman–Crippen LogP) is 2.72. The number of hydrogen-bond donors (Lipinski definition) is 2. The van der Waals surface area contributed by atoms with E-state index in [0.717, 1.165) is 11.0 Å². The molecule has 1 fully saturated rings. The van der Waals surface area contributed by atoms with Crippen LogP contribution < -0.4 is 11.1 Å². The molecule has 2 aromatic rings. The topological polar surface area (TPSA) is 66.9 Å². The van der Waals surface area contributed by atoms with Gasteiger partial charge in [0, 0.05) is 13.1 Å². The molecule has 2 heterocycles. The van der Waals surface area contributed by atoms with Gasteiger partial charge in [-0.15, -0.1) is 0 Å². The van der Waals surface area contributed by atoms with E-state index in [1.165, 1.54) is 38.0 Å². The molecule has 0 spiro atoms. The maximum absolute atomic E-state index is 4.40. The third kappa shape index (κ3) is 1.76. The molecule has 3 rings (SSSR count). The molecule has 4 nitrogen and oxygen atoms in total. The van der Waals surface area contributed by atoms with E-state index in [1.54, 1.807) is 6.33 Å². The lowest BCUT2D eigenvalue weighted by atomic mass is 10.1. The van der Waals surface area contributed by atoms with Crippen LogP contribution in [0.2, 0.25) is 0 Å². The average Bonchev–Trinajstić information content (AvgIpc) is 2.78. The fraction of sp³-hybridized carbons (Fsp3) is 0.417. The van der Waals surface area contributed by atoms with Gasteiger partial charge in [0.15, 0.2) is 0 Å². The molecule has 1 aliphatic rings. The minimum absolute atomic E-state index is 0. The summed E-state index contributed by atoms with van der Waals surface area (Å²) in [5.41, 5.74) is 3.53. The Hall–Kier alpha value is -1.55. The molecule has 4 heteroatoms. The number of hydrogen-bond acceptors (Lipinski definition) is 3. The van der Waals surface area contributed by atoms with Gasteiger partial charge in [-0.3, -0.25) is 0 Å². The summed E-state index contributed by atoms with van der Waals surface area (Å²) in [4.78, 5) is 10.0. The van der Waals surface area contributed by atoms with Gasteiger partial charge in [-0.25, -0.2) is 4.98 Å². The van der Waals surface area contributed by atoms with Crippen molar-refractivity contribution in [2.24, 2.45) is 0 Å². The van der Waals surface area contributed by atoms with Crippen LogP contribution in [-0.4, -0.2) is 23.1 Å². The number of aromatic amines is 1. The van der Waals surface area contributed by atoms with E-state index in [9.17, 15) is 0 Å². The van der Waals surface area contributed by atoms with Crippen molar-refractivity contribution in [1.29, 1.82) is 0 Å². The Balaban J connectivity index is 0.000000963. The number of anilines is 1. The highest BCUT2D eigenvalue weighted by molar-refractivity contribution is 5.88. The summed E-state index contributed by atoms with van der Waals surface area (Å²) in [7, 11) is 0. The summed E-state index contributed by atoms with van der Waals surface area (Å²) >= 11 is 0. The van der Waals surface area contributed by atoms with E-state index < -0.39 is 0 Å². The van der Waals surface area contributed by atoms with Crippen LogP contribution in [0.25, 0.3) is 11.0 Å². The Morgan fingerprint density at radius 2 is 1.94 bits per heavy atom. The van der Waals surface area contributed by atoms with Gasteiger partial charge in [-0.1, -0.05) is 6.07 Å². The van der Waals surface area contributed by atoms with Gasteiger partial charge in [0.2, 0.25) is 0 Å². The molecule has 0 amide bonds. The van der Waals surface area contributed by atoms with E-state index in [2.05, 4.69) is 33.1 Å². The molecule has 0 unspecified atom stereocenters. The lowest BCUT2D eigenvalue weighted by Gasteiger charge is -2.28. The number of piperidine rings is 1. The van der Waals surface area contributed by atoms with Crippen molar-refractivity contribution in [3.8, 4) is 0 Å². The summed E-state index contributed by atoms with van der Waals surface area (Å²) in [6.07, 6.45) is 5.76. The second kappa shape index (κ2) is 4.53. The molecular formula is C12H18N4. The van der Waals surface area contributed by atoms with E-state index in [0.29, 0.717) is 0 Å². The number of nitrogens with one attached hydrogen (secondary N) is 1. The summed E-state index contributed by atoms with van der Waals surface area (Å²) < 4.78 is 0. The molecule has 0 bridgehead atoms.